The van der Waals surface area contributed by atoms with Gasteiger partial charge in [-0.2, -0.15) is 17.5 Å². The van der Waals surface area contributed by atoms with Crippen molar-refractivity contribution >= 4 is 21.6 Å². The molecule has 0 radical (unpaired) electrons. The van der Waals surface area contributed by atoms with E-state index in [4.69, 9.17) is 11.6 Å². The Kier molecular flexibility index (Phi) is 5.09. The van der Waals surface area contributed by atoms with E-state index in [2.05, 4.69) is 4.98 Å². The van der Waals surface area contributed by atoms with E-state index in [1.54, 1.807) is 13.8 Å². The van der Waals surface area contributed by atoms with Gasteiger partial charge >= 0.3 is 6.18 Å². The summed E-state index contributed by atoms with van der Waals surface area (Å²) in [5.41, 5.74) is 0. The van der Waals surface area contributed by atoms with Crippen LogP contribution in [-0.4, -0.2) is 41.5 Å². The third kappa shape index (κ3) is 4.10. The number of rotatable bonds is 5. The molecule has 0 fully saturated rings. The Morgan fingerprint density at radius 3 is 2.35 bits per heavy atom. The monoisotopic (exact) mass is 333 g/mol. The number of aromatic nitrogens is 2. The number of aryl methyl sites for hydroxylation is 1. The van der Waals surface area contributed by atoms with Crippen molar-refractivity contribution in [3.8, 4) is 0 Å². The minimum atomic E-state index is -4.64. The zero-order chi connectivity index (χ0) is 15.7. The molecule has 1 aromatic heterocycles. The lowest BCUT2D eigenvalue weighted by atomic mass is 10.2. The summed E-state index contributed by atoms with van der Waals surface area (Å²) in [7, 11) is -2.94. The molecular weight excluding hydrogens is 319 g/mol. The van der Waals surface area contributed by atoms with Gasteiger partial charge in [-0.1, -0.05) is 25.4 Å². The van der Waals surface area contributed by atoms with Gasteiger partial charge in [-0.05, 0) is 5.92 Å². The minimum Gasteiger partial charge on any atom is -0.324 e. The molecule has 0 aromatic carbocycles. The fourth-order valence-electron chi connectivity index (χ4n) is 1.54. The second kappa shape index (κ2) is 5.90. The van der Waals surface area contributed by atoms with Gasteiger partial charge in [0, 0.05) is 13.6 Å². The maximum absolute atomic E-state index is 12.5. The Bertz CT molecular complexity index is 569. The molecule has 0 saturated heterocycles. The second-order valence-electron chi connectivity index (χ2n) is 4.76. The van der Waals surface area contributed by atoms with Gasteiger partial charge in [0.2, 0.25) is 5.03 Å². The fourth-order valence-corrected chi connectivity index (χ4v) is 3.52. The predicted octanol–water partition coefficient (Wildman–Crippen LogP) is 2.28. The maximum atomic E-state index is 12.5. The van der Waals surface area contributed by atoms with Gasteiger partial charge in [-0.3, -0.25) is 0 Å². The largest absolute Gasteiger partial charge is 0.402 e. The quantitative estimate of drug-likeness (QED) is 0.830. The van der Waals surface area contributed by atoms with Crippen LogP contribution in [0.15, 0.2) is 11.4 Å². The summed E-state index contributed by atoms with van der Waals surface area (Å²) in [5, 5.41) is -0.785. The van der Waals surface area contributed by atoms with Gasteiger partial charge in [-0.15, -0.1) is 0 Å². The summed E-state index contributed by atoms with van der Waals surface area (Å²) in [6, 6.07) is 0. The lowest BCUT2D eigenvalue weighted by molar-refractivity contribution is -0.136. The lowest BCUT2D eigenvalue weighted by Crippen LogP contribution is -2.41. The zero-order valence-corrected chi connectivity index (χ0v) is 12.7. The van der Waals surface area contributed by atoms with E-state index >= 15 is 0 Å². The van der Waals surface area contributed by atoms with E-state index in [1.165, 1.54) is 11.6 Å². The molecule has 0 atom stereocenters. The van der Waals surface area contributed by atoms with Crippen LogP contribution in [0.5, 0.6) is 0 Å². The molecule has 1 rings (SSSR count). The topological polar surface area (TPSA) is 55.2 Å². The molecule has 5 nitrogen and oxygen atoms in total. The van der Waals surface area contributed by atoms with E-state index < -0.39 is 27.8 Å². The molecule has 0 N–H and O–H groups in total. The predicted molar refractivity (Wildman–Crippen MR) is 67.9 cm³/mol. The molecule has 0 bridgehead atoms. The maximum Gasteiger partial charge on any atom is 0.402 e. The van der Waals surface area contributed by atoms with Crippen LogP contribution in [0.3, 0.4) is 0 Å². The first-order valence-corrected chi connectivity index (χ1v) is 7.50. The van der Waals surface area contributed by atoms with Crippen molar-refractivity contribution in [2.24, 2.45) is 13.0 Å². The van der Waals surface area contributed by atoms with Crippen molar-refractivity contribution in [2.75, 3.05) is 13.1 Å². The highest BCUT2D eigenvalue weighted by Crippen LogP contribution is 2.26. The smallest absolute Gasteiger partial charge is 0.324 e. The van der Waals surface area contributed by atoms with Crippen LogP contribution >= 0.6 is 11.6 Å². The van der Waals surface area contributed by atoms with Crippen LogP contribution in [0.25, 0.3) is 0 Å². The summed E-state index contributed by atoms with van der Waals surface area (Å²) < 4.78 is 63.7. The first kappa shape index (κ1) is 17.3. The third-order valence-corrected chi connectivity index (χ3v) is 4.65. The molecule has 0 aliphatic rings. The molecule has 0 spiro atoms. The van der Waals surface area contributed by atoms with Gasteiger partial charge in [0.15, 0.2) is 0 Å². The lowest BCUT2D eigenvalue weighted by Gasteiger charge is -2.24. The van der Waals surface area contributed by atoms with Crippen LogP contribution in [0.2, 0.25) is 5.15 Å². The Balaban J connectivity index is 3.21. The number of hydrogen-bond acceptors (Lipinski definition) is 3. The van der Waals surface area contributed by atoms with Crippen molar-refractivity contribution in [1.82, 2.24) is 13.9 Å². The van der Waals surface area contributed by atoms with Gasteiger partial charge in [0.1, 0.15) is 11.7 Å². The average Bonchev–Trinajstić information content (AvgIpc) is 2.56. The van der Waals surface area contributed by atoms with Crippen LogP contribution in [0, 0.1) is 5.92 Å². The van der Waals surface area contributed by atoms with Crippen LogP contribution in [0.4, 0.5) is 13.2 Å². The molecule has 20 heavy (non-hydrogen) atoms. The molecule has 0 saturated carbocycles. The Morgan fingerprint density at radius 1 is 1.45 bits per heavy atom. The summed E-state index contributed by atoms with van der Waals surface area (Å²) in [6.45, 7) is 1.41. The number of sulfonamides is 1. The molecule has 0 aliphatic carbocycles. The molecule has 0 aliphatic heterocycles. The average molecular weight is 334 g/mol. The molecule has 0 amide bonds. The highest BCUT2D eigenvalue weighted by Gasteiger charge is 2.39. The first-order valence-electron chi connectivity index (χ1n) is 5.69. The molecule has 10 heteroatoms. The van der Waals surface area contributed by atoms with E-state index in [0.29, 0.717) is 4.31 Å². The number of halogens is 4. The Labute approximate surface area is 120 Å². The standard InChI is InChI=1S/C10H15ClF3N3O2S/c1-7(2)4-17(5-10(12,13)14)20(18,19)9-8(11)16(3)6-15-9/h6-7H,4-5H2,1-3H3. The van der Waals surface area contributed by atoms with E-state index in [9.17, 15) is 21.6 Å². The van der Waals surface area contributed by atoms with Crippen molar-refractivity contribution < 1.29 is 21.6 Å². The Hall–Kier alpha value is -0.800. The van der Waals surface area contributed by atoms with Crippen LogP contribution in [0.1, 0.15) is 13.8 Å². The number of nitrogens with zero attached hydrogens (tertiary/aromatic N) is 3. The molecule has 0 unspecified atom stereocenters. The molecule has 116 valence electrons. The van der Waals surface area contributed by atoms with Crippen molar-refractivity contribution in [2.45, 2.75) is 25.0 Å². The van der Waals surface area contributed by atoms with Crippen molar-refractivity contribution in [3.63, 3.8) is 0 Å². The van der Waals surface area contributed by atoms with Crippen molar-refractivity contribution in [1.29, 1.82) is 0 Å². The summed E-state index contributed by atoms with van der Waals surface area (Å²) in [6.07, 6.45) is -3.50. The number of imidazole rings is 1. The zero-order valence-electron chi connectivity index (χ0n) is 11.1. The molecule has 1 heterocycles. The fraction of sp³-hybridized carbons (Fsp3) is 0.700. The molecule has 1 aromatic rings. The summed E-state index contributed by atoms with van der Waals surface area (Å²) in [5.74, 6) is -0.269. The van der Waals surface area contributed by atoms with Gasteiger partial charge in [0.25, 0.3) is 10.0 Å². The van der Waals surface area contributed by atoms with E-state index in [-0.39, 0.29) is 17.6 Å². The van der Waals surface area contributed by atoms with Crippen molar-refractivity contribution in [3.05, 3.63) is 11.5 Å². The van der Waals surface area contributed by atoms with Crippen LogP contribution in [-0.2, 0) is 17.1 Å². The normalized spacial score (nSPS) is 13.4. The first-order chi connectivity index (χ1) is 8.95. The van der Waals surface area contributed by atoms with Crippen LogP contribution < -0.4 is 0 Å². The number of alkyl halides is 3. The summed E-state index contributed by atoms with van der Waals surface area (Å²) in [4.78, 5) is 3.58. The van der Waals surface area contributed by atoms with Gasteiger partial charge < -0.3 is 4.57 Å². The van der Waals surface area contributed by atoms with E-state index in [0.717, 1.165) is 6.33 Å². The second-order valence-corrected chi connectivity index (χ2v) is 6.97. The van der Waals surface area contributed by atoms with E-state index in [1.807, 2.05) is 0 Å². The van der Waals surface area contributed by atoms with Gasteiger partial charge in [-0.25, -0.2) is 13.4 Å². The third-order valence-electron chi connectivity index (χ3n) is 2.34. The number of hydrogen-bond donors (Lipinski definition) is 0. The minimum absolute atomic E-state index is 0.221. The highest BCUT2D eigenvalue weighted by molar-refractivity contribution is 7.89. The summed E-state index contributed by atoms with van der Waals surface area (Å²) >= 11 is 5.76. The SMILES string of the molecule is CC(C)CN(CC(F)(F)F)S(=O)(=O)c1ncn(C)c1Cl. The van der Waals surface area contributed by atoms with Gasteiger partial charge in [0.05, 0.1) is 6.33 Å². The molecular formula is C10H15ClF3N3O2S. The Morgan fingerprint density at radius 2 is 2.00 bits per heavy atom. The highest BCUT2D eigenvalue weighted by atomic mass is 35.5.